The van der Waals surface area contributed by atoms with E-state index in [4.69, 9.17) is 4.74 Å². The molecule has 1 aliphatic heterocycles. The van der Waals surface area contributed by atoms with Crippen molar-refractivity contribution >= 4 is 17.3 Å². The van der Waals surface area contributed by atoms with E-state index in [0.717, 1.165) is 49.5 Å². The summed E-state index contributed by atoms with van der Waals surface area (Å²) in [6, 6.07) is 0. The van der Waals surface area contributed by atoms with Crippen molar-refractivity contribution in [3.05, 3.63) is 11.8 Å². The van der Waals surface area contributed by atoms with Gasteiger partial charge in [0, 0.05) is 13.1 Å². The van der Waals surface area contributed by atoms with Gasteiger partial charge in [0.15, 0.2) is 0 Å². The topological polar surface area (TPSA) is 38.3 Å². The first-order valence-corrected chi connectivity index (χ1v) is 7.30. The van der Waals surface area contributed by atoms with Crippen LogP contribution in [0.25, 0.3) is 5.57 Å². The normalized spacial score (nSPS) is 28.0. The van der Waals surface area contributed by atoms with Crippen LogP contribution in [0.15, 0.2) is 6.08 Å². The maximum atomic E-state index is 5.84. The molecule has 0 N–H and O–H groups in total. The lowest BCUT2D eigenvalue weighted by atomic mass is 10.1. The second-order valence-electron chi connectivity index (χ2n) is 5.46. The van der Waals surface area contributed by atoms with E-state index in [1.165, 1.54) is 23.7 Å². The van der Waals surface area contributed by atoms with Crippen molar-refractivity contribution < 1.29 is 4.74 Å². The smallest absolute Gasteiger partial charge is 0.253 e. The summed E-state index contributed by atoms with van der Waals surface area (Å²) in [7, 11) is 2.14. The van der Waals surface area contributed by atoms with Gasteiger partial charge in [0.25, 0.3) is 5.88 Å². The van der Waals surface area contributed by atoms with Crippen molar-refractivity contribution in [1.82, 2.24) is 13.6 Å². The molecule has 2 heterocycles. The molecule has 3 rings (SSSR count). The maximum absolute atomic E-state index is 5.84. The molecule has 2 aliphatic rings. The van der Waals surface area contributed by atoms with Crippen LogP contribution in [0.4, 0.5) is 0 Å². The number of hydrogen-bond acceptors (Lipinski definition) is 5. The number of nitrogens with zero attached hydrogens (tertiary/aromatic N) is 3. The first-order chi connectivity index (χ1) is 8.74. The third kappa shape index (κ3) is 2.57. The molecule has 4 nitrogen and oxygen atoms in total. The minimum absolute atomic E-state index is 0.725. The van der Waals surface area contributed by atoms with Gasteiger partial charge in [-0.1, -0.05) is 13.0 Å². The van der Waals surface area contributed by atoms with E-state index in [1.807, 2.05) is 0 Å². The molecule has 0 amide bonds. The van der Waals surface area contributed by atoms with Crippen LogP contribution in [0.1, 0.15) is 25.5 Å². The lowest BCUT2D eigenvalue weighted by Gasteiger charge is -2.22. The molecule has 0 aromatic carbocycles. The van der Waals surface area contributed by atoms with E-state index >= 15 is 0 Å². The van der Waals surface area contributed by atoms with Crippen LogP contribution in [0.5, 0.6) is 5.88 Å². The lowest BCUT2D eigenvalue weighted by Crippen LogP contribution is -2.25. The summed E-state index contributed by atoms with van der Waals surface area (Å²) in [4.78, 5) is 2.31. The second-order valence-corrected chi connectivity index (χ2v) is 5.99. The minimum atomic E-state index is 0.725. The summed E-state index contributed by atoms with van der Waals surface area (Å²) in [5, 5.41) is 0. The van der Waals surface area contributed by atoms with Crippen molar-refractivity contribution in [3.63, 3.8) is 0 Å². The highest BCUT2D eigenvalue weighted by Crippen LogP contribution is 2.38. The molecule has 1 saturated carbocycles. The molecule has 1 fully saturated rings. The summed E-state index contributed by atoms with van der Waals surface area (Å²) in [5.74, 6) is 2.28. The Morgan fingerprint density at radius 3 is 3.06 bits per heavy atom. The molecule has 2 unspecified atom stereocenters. The average molecular weight is 265 g/mol. The largest absolute Gasteiger partial charge is 0.475 e. The Labute approximate surface area is 112 Å². The molecule has 1 aliphatic carbocycles. The van der Waals surface area contributed by atoms with Gasteiger partial charge in [-0.25, -0.2) is 0 Å². The van der Waals surface area contributed by atoms with Gasteiger partial charge in [0.2, 0.25) is 0 Å². The first kappa shape index (κ1) is 12.1. The Morgan fingerprint density at radius 2 is 2.33 bits per heavy atom. The predicted molar refractivity (Wildman–Crippen MR) is 72.8 cm³/mol. The minimum Gasteiger partial charge on any atom is -0.475 e. The van der Waals surface area contributed by atoms with E-state index in [2.05, 4.69) is 33.7 Å². The number of ether oxygens (including phenoxy) is 1. The quantitative estimate of drug-likeness (QED) is 0.837. The first-order valence-electron chi connectivity index (χ1n) is 6.57. The monoisotopic (exact) mass is 265 g/mol. The summed E-state index contributed by atoms with van der Waals surface area (Å²) in [6.07, 6.45) is 4.64. The predicted octanol–water partition coefficient (Wildman–Crippen LogP) is 2.29. The molecule has 5 heteroatoms. The fraction of sp³-hybridized carbons (Fsp3) is 0.692. The third-order valence-electron chi connectivity index (χ3n) is 3.81. The fourth-order valence-corrected chi connectivity index (χ4v) is 2.88. The van der Waals surface area contributed by atoms with E-state index in [9.17, 15) is 0 Å². The summed E-state index contributed by atoms with van der Waals surface area (Å²) >= 11 is 1.25. The Hall–Kier alpha value is -0.940. The van der Waals surface area contributed by atoms with Crippen LogP contribution in [-0.4, -0.2) is 40.4 Å². The Morgan fingerprint density at radius 1 is 1.50 bits per heavy atom. The molecule has 0 bridgehead atoms. The second kappa shape index (κ2) is 4.97. The SMILES string of the molecule is CC1CC1COc1nsnc1C1=CCCN(C)C1. The van der Waals surface area contributed by atoms with Gasteiger partial charge >= 0.3 is 0 Å². The zero-order valence-electron chi connectivity index (χ0n) is 10.9. The number of rotatable bonds is 4. The van der Waals surface area contributed by atoms with Crippen molar-refractivity contribution in [2.24, 2.45) is 11.8 Å². The van der Waals surface area contributed by atoms with Gasteiger partial charge in [0.1, 0.15) is 5.69 Å². The summed E-state index contributed by atoms with van der Waals surface area (Å²) in [6.45, 7) is 5.13. The molecule has 98 valence electrons. The average Bonchev–Trinajstić information content (AvgIpc) is 2.89. The van der Waals surface area contributed by atoms with Gasteiger partial charge < -0.3 is 9.64 Å². The highest BCUT2D eigenvalue weighted by Gasteiger charge is 2.33. The highest BCUT2D eigenvalue weighted by molar-refractivity contribution is 6.99. The van der Waals surface area contributed by atoms with Crippen LogP contribution >= 0.6 is 11.7 Å². The van der Waals surface area contributed by atoms with Crippen LogP contribution in [0.2, 0.25) is 0 Å². The molecule has 1 aromatic heterocycles. The van der Waals surface area contributed by atoms with E-state index in [0.29, 0.717) is 0 Å². The molecular formula is C13H19N3OS. The summed E-state index contributed by atoms with van der Waals surface area (Å²) < 4.78 is 14.5. The van der Waals surface area contributed by atoms with Gasteiger partial charge in [-0.2, -0.15) is 4.37 Å². The van der Waals surface area contributed by atoms with Crippen LogP contribution in [-0.2, 0) is 0 Å². The van der Waals surface area contributed by atoms with Gasteiger partial charge in [0.05, 0.1) is 18.3 Å². The van der Waals surface area contributed by atoms with E-state index < -0.39 is 0 Å². The molecule has 18 heavy (non-hydrogen) atoms. The molecular weight excluding hydrogens is 246 g/mol. The fourth-order valence-electron chi connectivity index (χ4n) is 2.35. The van der Waals surface area contributed by atoms with Crippen molar-refractivity contribution in [1.29, 1.82) is 0 Å². The number of hydrogen-bond donors (Lipinski definition) is 0. The van der Waals surface area contributed by atoms with Crippen molar-refractivity contribution in [2.45, 2.75) is 19.8 Å². The number of likely N-dealkylation sites (N-methyl/N-ethyl adjacent to an activating group) is 1. The number of aromatic nitrogens is 2. The zero-order chi connectivity index (χ0) is 12.5. The molecule has 1 aromatic rings. The Bertz CT molecular complexity index is 457. The van der Waals surface area contributed by atoms with Crippen LogP contribution in [0.3, 0.4) is 0 Å². The standard InChI is InChI=1S/C13H19N3OS/c1-9-6-11(9)8-17-13-12(14-18-15-13)10-4-3-5-16(2)7-10/h4,9,11H,3,5-8H2,1-2H3. The maximum Gasteiger partial charge on any atom is 0.253 e. The van der Waals surface area contributed by atoms with Gasteiger partial charge in [-0.05, 0) is 37.3 Å². The molecule has 0 radical (unpaired) electrons. The Balaban J connectivity index is 1.68. The zero-order valence-corrected chi connectivity index (χ0v) is 11.7. The molecule has 0 spiro atoms. The summed E-state index contributed by atoms with van der Waals surface area (Å²) in [5.41, 5.74) is 2.22. The van der Waals surface area contributed by atoms with E-state index in [1.54, 1.807) is 0 Å². The lowest BCUT2D eigenvalue weighted by molar-refractivity contribution is 0.283. The van der Waals surface area contributed by atoms with Crippen LogP contribution < -0.4 is 4.74 Å². The van der Waals surface area contributed by atoms with Crippen molar-refractivity contribution in [2.75, 3.05) is 26.7 Å². The van der Waals surface area contributed by atoms with Gasteiger partial charge in [-0.3, -0.25) is 0 Å². The van der Waals surface area contributed by atoms with Crippen molar-refractivity contribution in [3.8, 4) is 5.88 Å². The third-order valence-corrected chi connectivity index (χ3v) is 4.33. The van der Waals surface area contributed by atoms with Gasteiger partial charge in [-0.15, -0.1) is 4.37 Å². The molecule has 2 atom stereocenters. The molecule has 0 saturated heterocycles. The van der Waals surface area contributed by atoms with Crippen LogP contribution in [0, 0.1) is 11.8 Å². The van der Waals surface area contributed by atoms with E-state index in [-0.39, 0.29) is 0 Å². The Kier molecular flexibility index (Phi) is 3.35. The highest BCUT2D eigenvalue weighted by atomic mass is 32.1.